The fraction of sp³-hybridized carbons (Fsp3) is 0.911. The monoisotopic (exact) mass is 766 g/mol. The van der Waals surface area contributed by atoms with Crippen molar-refractivity contribution in [1.82, 2.24) is 0 Å². The molecule has 0 heterocycles. The van der Waals surface area contributed by atoms with Crippen LogP contribution in [0.5, 0.6) is 0 Å². The van der Waals surface area contributed by atoms with E-state index in [-0.39, 0.29) is 6.10 Å². The summed E-state index contributed by atoms with van der Waals surface area (Å²) in [5, 5.41) is 19.2. The number of hydrogen-bond acceptors (Lipinski definition) is 6. The van der Waals surface area contributed by atoms with E-state index < -0.39 is 29.2 Å². The smallest absolute Gasteiger partial charge is 0.395 e. The van der Waals surface area contributed by atoms with Gasteiger partial charge in [-0.15, -0.1) is 0 Å². The molecule has 8 heteroatoms. The van der Waals surface area contributed by atoms with Crippen molar-refractivity contribution in [3.63, 3.8) is 0 Å². The molecule has 4 rings (SSSR count). The van der Waals surface area contributed by atoms with Gasteiger partial charge in [0.25, 0.3) is 0 Å². The zero-order valence-electron chi connectivity index (χ0n) is 35.0. The van der Waals surface area contributed by atoms with Gasteiger partial charge in [0, 0.05) is 0 Å². The highest BCUT2D eigenvalue weighted by atomic mass is 32.3. The Hall–Kier alpha value is -0.770. The molecule has 0 bridgehead atoms. The lowest BCUT2D eigenvalue weighted by Gasteiger charge is -2.58. The molecule has 53 heavy (non-hydrogen) atoms. The summed E-state index contributed by atoms with van der Waals surface area (Å²) in [7, 11) is -4.59. The molecule has 0 unspecified atom stereocenters. The van der Waals surface area contributed by atoms with Crippen LogP contribution in [0.4, 0.5) is 0 Å². The summed E-state index contributed by atoms with van der Waals surface area (Å²) in [5.74, 6) is 5.46. The van der Waals surface area contributed by atoms with Crippen molar-refractivity contribution >= 4 is 10.4 Å². The molecule has 310 valence electrons. The van der Waals surface area contributed by atoms with Crippen LogP contribution < -0.4 is 5.73 Å². The fourth-order valence-electron chi connectivity index (χ4n) is 11.3. The quantitative estimate of drug-likeness (QED) is 0.0490. The Morgan fingerprint density at radius 3 is 2.13 bits per heavy atom. The number of allylic oxidation sites excluding steroid dienone is 2. The van der Waals surface area contributed by atoms with Crippen molar-refractivity contribution in [3.8, 4) is 0 Å². The molecule has 0 saturated heterocycles. The molecule has 3 saturated carbocycles. The third-order valence-electron chi connectivity index (χ3n) is 14.4. The highest BCUT2D eigenvalue weighted by Crippen LogP contribution is 2.67. The normalized spacial score (nSPS) is 31.6. The van der Waals surface area contributed by atoms with Crippen molar-refractivity contribution in [2.45, 2.75) is 207 Å². The number of hydrogen-bond donors (Lipinski definition) is 4. The highest BCUT2D eigenvalue weighted by molar-refractivity contribution is 7.80. The first kappa shape index (κ1) is 46.6. The molecule has 4 aliphatic rings. The van der Waals surface area contributed by atoms with Gasteiger partial charge < -0.3 is 15.9 Å². The summed E-state index contributed by atoms with van der Waals surface area (Å²) in [5.41, 5.74) is 8.17. The minimum absolute atomic E-state index is 0.0766. The van der Waals surface area contributed by atoms with Gasteiger partial charge in [-0.1, -0.05) is 149 Å². The Morgan fingerprint density at radius 2 is 1.53 bits per heavy atom. The number of nitrogens with two attached hydrogens (primary N) is 1. The molecule has 5 N–H and O–H groups in total. The van der Waals surface area contributed by atoms with E-state index in [9.17, 15) is 13.5 Å². The van der Waals surface area contributed by atoms with E-state index in [1.807, 2.05) is 0 Å². The third-order valence-corrected chi connectivity index (χ3v) is 14.9. The van der Waals surface area contributed by atoms with Crippen LogP contribution in [0, 0.1) is 46.3 Å². The van der Waals surface area contributed by atoms with Gasteiger partial charge in [0.1, 0.15) is 6.10 Å². The molecule has 0 aromatic rings. The summed E-state index contributed by atoms with van der Waals surface area (Å²) in [6, 6.07) is -0.893. The predicted molar refractivity (Wildman–Crippen MR) is 221 cm³/mol. The van der Waals surface area contributed by atoms with Gasteiger partial charge in [-0.05, 0) is 111 Å². The third kappa shape index (κ3) is 14.3. The average molecular weight is 766 g/mol. The molecule has 0 amide bonds. The summed E-state index contributed by atoms with van der Waals surface area (Å²) in [6.45, 7) is 14.4. The minimum Gasteiger partial charge on any atom is -0.395 e. The number of fused-ring (bicyclic) bond motifs is 5. The van der Waals surface area contributed by atoms with Crippen molar-refractivity contribution in [3.05, 3.63) is 23.8 Å². The summed E-state index contributed by atoms with van der Waals surface area (Å²) in [4.78, 5) is 0. The van der Waals surface area contributed by atoms with Crippen molar-refractivity contribution < 1.29 is 27.4 Å². The molecular formula is C45H83NO6S. The Morgan fingerprint density at radius 1 is 0.887 bits per heavy atom. The fourth-order valence-corrected chi connectivity index (χ4v) is 11.8. The topological polar surface area (TPSA) is 130 Å². The number of unbranched alkanes of at least 4 members (excludes halogenated alkanes) is 11. The molecule has 4 aliphatic carbocycles. The lowest BCUT2D eigenvalue weighted by atomic mass is 9.47. The summed E-state index contributed by atoms with van der Waals surface area (Å²) >= 11 is 0. The van der Waals surface area contributed by atoms with Crippen molar-refractivity contribution in [2.24, 2.45) is 52.1 Å². The lowest BCUT2D eigenvalue weighted by molar-refractivity contribution is -0.0573. The van der Waals surface area contributed by atoms with E-state index in [1.165, 1.54) is 122 Å². The van der Waals surface area contributed by atoms with Gasteiger partial charge in [0.2, 0.25) is 0 Å². The van der Waals surface area contributed by atoms with Gasteiger partial charge in [-0.25, -0.2) is 4.18 Å². The number of rotatable bonds is 22. The van der Waals surface area contributed by atoms with Gasteiger partial charge >= 0.3 is 10.4 Å². The summed E-state index contributed by atoms with van der Waals surface area (Å²) in [6.07, 6.45) is 34.2. The first-order chi connectivity index (χ1) is 25.2. The Bertz CT molecular complexity index is 1200. The molecule has 0 aromatic heterocycles. The van der Waals surface area contributed by atoms with Crippen LogP contribution in [-0.4, -0.2) is 48.0 Å². The molecule has 10 atom stereocenters. The van der Waals surface area contributed by atoms with Gasteiger partial charge in [-0.3, -0.25) is 4.55 Å². The van der Waals surface area contributed by atoms with E-state index in [0.29, 0.717) is 10.8 Å². The predicted octanol–water partition coefficient (Wildman–Crippen LogP) is 11.1. The standard InChI is InChI=1S/C27H46O.C18H37NO5S/c1-18(2)7-6-8-19(3)23-11-12-24-22-10-9-20-17-21(28)13-15-26(20,4)25(22)14-16-27(23,24)5;1-2-3-4-5-6-7-8-9-10-11-12-13-14-15-18(17(19)16-20)24-25(21,22)23/h9,18-19,21-25,28H,6-8,10-17H2,1-5H3;14-15,17-18,20H,2-13,16,19H2,1H3,(H,21,22,23)/b;15-14+/t19-,21+,22+,23-,24+,25+,26+,27-;17-,18+/m10/s1. The van der Waals surface area contributed by atoms with Crippen LogP contribution in [0.2, 0.25) is 0 Å². The molecule has 3 fully saturated rings. The minimum atomic E-state index is -4.59. The second-order valence-electron chi connectivity index (χ2n) is 18.8. The van der Waals surface area contributed by atoms with Crippen molar-refractivity contribution in [2.75, 3.05) is 6.61 Å². The van der Waals surface area contributed by atoms with Crippen LogP contribution in [-0.2, 0) is 14.6 Å². The van der Waals surface area contributed by atoms with E-state index >= 15 is 0 Å². The Labute approximate surface area is 326 Å². The molecule has 0 radical (unpaired) electrons. The maximum atomic E-state index is 10.8. The molecule has 0 aliphatic heterocycles. The molecule has 0 spiro atoms. The van der Waals surface area contributed by atoms with Gasteiger partial charge in [-0.2, -0.15) is 8.42 Å². The molecule has 0 aromatic carbocycles. The van der Waals surface area contributed by atoms with Crippen LogP contribution in [0.3, 0.4) is 0 Å². The zero-order chi connectivity index (χ0) is 39.1. The van der Waals surface area contributed by atoms with Crippen LogP contribution in [0.1, 0.15) is 189 Å². The van der Waals surface area contributed by atoms with E-state index in [0.717, 1.165) is 67.6 Å². The van der Waals surface area contributed by atoms with Gasteiger partial charge in [0.05, 0.1) is 18.8 Å². The largest absolute Gasteiger partial charge is 0.397 e. The maximum Gasteiger partial charge on any atom is 0.397 e. The molecular weight excluding hydrogens is 683 g/mol. The second-order valence-corrected chi connectivity index (χ2v) is 19.8. The van der Waals surface area contributed by atoms with E-state index in [1.54, 1.807) is 11.6 Å². The van der Waals surface area contributed by atoms with E-state index in [4.69, 9.17) is 15.4 Å². The Balaban J connectivity index is 0.000000288. The highest BCUT2D eigenvalue weighted by Gasteiger charge is 2.59. The zero-order valence-corrected chi connectivity index (χ0v) is 35.8. The van der Waals surface area contributed by atoms with Crippen LogP contribution in [0.15, 0.2) is 23.8 Å². The lowest BCUT2D eigenvalue weighted by Crippen LogP contribution is -2.50. The van der Waals surface area contributed by atoms with E-state index in [2.05, 4.69) is 51.8 Å². The van der Waals surface area contributed by atoms with Crippen LogP contribution in [0.25, 0.3) is 0 Å². The number of aliphatic hydroxyl groups is 2. The van der Waals surface area contributed by atoms with Crippen LogP contribution >= 0.6 is 0 Å². The average Bonchev–Trinajstić information content (AvgIpc) is 3.46. The maximum absolute atomic E-state index is 10.8. The second kappa shape index (κ2) is 22.8. The van der Waals surface area contributed by atoms with Gasteiger partial charge in [0.15, 0.2) is 0 Å². The Kier molecular flexibility index (Phi) is 20.1. The first-order valence-corrected chi connectivity index (χ1v) is 23.6. The number of aliphatic hydroxyl groups excluding tert-OH is 2. The van der Waals surface area contributed by atoms with Crippen molar-refractivity contribution in [1.29, 1.82) is 0 Å². The first-order valence-electron chi connectivity index (χ1n) is 22.2. The summed E-state index contributed by atoms with van der Waals surface area (Å²) < 4.78 is 34.7. The SMILES string of the molecule is CC(C)CCC[C@@H](C)[C@H]1CC[C@H]2[C@@H]3CC=C4C[C@@H](O)CC[C@]4(C)[C@H]3CC[C@]12C.CCCCCCCCCCCCC/C=C/[C@@H](OS(=O)(=O)O)[C@@H](N)CO. The molecule has 7 nitrogen and oxygen atoms in total.